The van der Waals surface area contributed by atoms with E-state index in [2.05, 4.69) is 0 Å². The Morgan fingerprint density at radius 2 is 1.90 bits per heavy atom. The Labute approximate surface area is 117 Å². The molecule has 116 valence electrons. The van der Waals surface area contributed by atoms with Gasteiger partial charge < -0.3 is 10.6 Å². The fraction of sp³-hybridized carbons (Fsp3) is 0.929. The number of alkyl halides is 3. The van der Waals surface area contributed by atoms with E-state index in [4.69, 9.17) is 5.73 Å². The zero-order valence-electron chi connectivity index (χ0n) is 11.8. The molecular weight excluding hydrogens is 269 g/mol. The summed E-state index contributed by atoms with van der Waals surface area (Å²) in [5.41, 5.74) is 5.82. The Morgan fingerprint density at radius 3 is 2.45 bits per heavy atom. The van der Waals surface area contributed by atoms with E-state index in [1.165, 1.54) is 0 Å². The van der Waals surface area contributed by atoms with Gasteiger partial charge >= 0.3 is 6.18 Å². The topological polar surface area (TPSA) is 46.3 Å². The largest absolute Gasteiger partial charge is 0.392 e. The third-order valence-electron chi connectivity index (χ3n) is 4.78. The molecule has 0 bridgehead atoms. The van der Waals surface area contributed by atoms with E-state index in [1.54, 1.807) is 4.90 Å². The normalized spacial score (nSPS) is 33.2. The minimum Gasteiger partial charge on any atom is -0.342 e. The fourth-order valence-electron chi connectivity index (χ4n) is 3.47. The van der Waals surface area contributed by atoms with Crippen molar-refractivity contribution in [2.45, 2.75) is 51.2 Å². The molecule has 20 heavy (non-hydrogen) atoms. The predicted molar refractivity (Wildman–Crippen MR) is 69.8 cm³/mol. The second-order valence-electron chi connectivity index (χ2n) is 6.23. The maximum atomic E-state index is 13.1. The lowest BCUT2D eigenvalue weighted by Crippen LogP contribution is -2.44. The molecule has 1 saturated heterocycles. The predicted octanol–water partition coefficient (Wildman–Crippen LogP) is 2.55. The van der Waals surface area contributed by atoms with Crippen LogP contribution in [-0.4, -0.2) is 36.1 Å². The lowest BCUT2D eigenvalue weighted by atomic mass is 9.78. The summed E-state index contributed by atoms with van der Waals surface area (Å²) in [6.07, 6.45) is -1.73. The molecule has 4 atom stereocenters. The van der Waals surface area contributed by atoms with Crippen molar-refractivity contribution in [2.24, 2.45) is 23.5 Å². The van der Waals surface area contributed by atoms with E-state index < -0.39 is 18.0 Å². The maximum absolute atomic E-state index is 13.1. The van der Waals surface area contributed by atoms with Crippen molar-refractivity contribution in [1.29, 1.82) is 0 Å². The van der Waals surface area contributed by atoms with Crippen molar-refractivity contribution >= 4 is 5.91 Å². The number of nitrogens with two attached hydrogens (primary N) is 1. The lowest BCUT2D eigenvalue weighted by Gasteiger charge is -2.34. The molecular formula is C14H23F3N2O. The van der Waals surface area contributed by atoms with Crippen molar-refractivity contribution in [3.63, 3.8) is 0 Å². The number of amides is 1. The molecule has 1 amide bonds. The molecule has 2 N–H and O–H groups in total. The molecule has 4 unspecified atom stereocenters. The average Bonchev–Trinajstić information content (AvgIpc) is 2.86. The van der Waals surface area contributed by atoms with Gasteiger partial charge in [-0.15, -0.1) is 0 Å². The highest BCUT2D eigenvalue weighted by Crippen LogP contribution is 2.42. The summed E-state index contributed by atoms with van der Waals surface area (Å²) in [6, 6.07) is -0.0161. The highest BCUT2D eigenvalue weighted by Gasteiger charge is 2.49. The van der Waals surface area contributed by atoms with Crippen molar-refractivity contribution in [2.75, 3.05) is 13.1 Å². The minimum absolute atomic E-state index is 0.0161. The van der Waals surface area contributed by atoms with Crippen LogP contribution >= 0.6 is 0 Å². The Morgan fingerprint density at radius 1 is 1.25 bits per heavy atom. The summed E-state index contributed by atoms with van der Waals surface area (Å²) in [5, 5.41) is 0. The third kappa shape index (κ3) is 3.27. The summed E-state index contributed by atoms with van der Waals surface area (Å²) in [6.45, 7) is 2.95. The first-order valence-electron chi connectivity index (χ1n) is 7.41. The van der Waals surface area contributed by atoms with Crippen LogP contribution in [0.25, 0.3) is 0 Å². The third-order valence-corrected chi connectivity index (χ3v) is 4.78. The molecule has 0 aromatic carbocycles. The molecule has 2 fully saturated rings. The van der Waals surface area contributed by atoms with E-state index in [0.717, 1.165) is 6.42 Å². The van der Waals surface area contributed by atoms with Gasteiger partial charge in [0.2, 0.25) is 5.91 Å². The van der Waals surface area contributed by atoms with Gasteiger partial charge in [-0.25, -0.2) is 0 Å². The number of nitrogens with zero attached hydrogens (tertiary/aromatic N) is 1. The highest BCUT2D eigenvalue weighted by atomic mass is 19.4. The first kappa shape index (κ1) is 15.6. The summed E-state index contributed by atoms with van der Waals surface area (Å²) in [7, 11) is 0. The first-order chi connectivity index (χ1) is 9.30. The number of likely N-dealkylation sites (tertiary alicyclic amines) is 1. The van der Waals surface area contributed by atoms with Gasteiger partial charge in [-0.1, -0.05) is 12.8 Å². The molecule has 2 rings (SSSR count). The zero-order chi connectivity index (χ0) is 14.9. The quantitative estimate of drug-likeness (QED) is 0.850. The van der Waals surface area contributed by atoms with Gasteiger partial charge in [-0.3, -0.25) is 4.79 Å². The van der Waals surface area contributed by atoms with Crippen LogP contribution in [0.1, 0.15) is 39.0 Å². The van der Waals surface area contributed by atoms with E-state index in [0.29, 0.717) is 32.4 Å². The smallest absolute Gasteiger partial charge is 0.342 e. The standard InChI is InChI=1S/C14H23F3N2O/c1-9(18)10-6-7-19(8-10)13(20)11-4-2-3-5-12(11)14(15,16)17/h9-12H,2-8,18H2,1H3. The molecule has 1 saturated carbocycles. The zero-order valence-corrected chi connectivity index (χ0v) is 11.8. The Hall–Kier alpha value is -0.780. The molecule has 1 heterocycles. The molecule has 0 spiro atoms. The number of hydrogen-bond acceptors (Lipinski definition) is 2. The number of rotatable bonds is 2. The molecule has 6 heteroatoms. The Bertz CT molecular complexity index is 357. The van der Waals surface area contributed by atoms with Crippen LogP contribution in [0.2, 0.25) is 0 Å². The van der Waals surface area contributed by atoms with E-state index in [1.807, 2.05) is 6.92 Å². The van der Waals surface area contributed by atoms with E-state index in [9.17, 15) is 18.0 Å². The molecule has 3 nitrogen and oxygen atoms in total. The van der Waals surface area contributed by atoms with Crippen LogP contribution in [0.3, 0.4) is 0 Å². The summed E-state index contributed by atoms with van der Waals surface area (Å²) in [4.78, 5) is 14.0. The van der Waals surface area contributed by atoms with Crippen LogP contribution in [0.5, 0.6) is 0 Å². The molecule has 1 aliphatic carbocycles. The number of carbonyl (C=O) groups is 1. The lowest BCUT2D eigenvalue weighted by molar-refractivity contribution is -0.200. The summed E-state index contributed by atoms with van der Waals surface area (Å²) < 4.78 is 39.2. The monoisotopic (exact) mass is 292 g/mol. The van der Waals surface area contributed by atoms with Gasteiger partial charge in [0.15, 0.2) is 0 Å². The Balaban J connectivity index is 2.04. The van der Waals surface area contributed by atoms with Crippen LogP contribution in [-0.2, 0) is 4.79 Å². The second-order valence-corrected chi connectivity index (χ2v) is 6.23. The van der Waals surface area contributed by atoms with Gasteiger partial charge in [0, 0.05) is 25.0 Å². The average molecular weight is 292 g/mol. The molecule has 0 aromatic rings. The van der Waals surface area contributed by atoms with Gasteiger partial charge in [0.25, 0.3) is 0 Å². The SMILES string of the molecule is CC(N)C1CCN(C(=O)C2CCCCC2C(F)(F)F)C1. The maximum Gasteiger partial charge on any atom is 0.392 e. The van der Waals surface area contributed by atoms with Gasteiger partial charge in [0.05, 0.1) is 5.92 Å². The van der Waals surface area contributed by atoms with Crippen LogP contribution in [0.15, 0.2) is 0 Å². The van der Waals surface area contributed by atoms with Crippen LogP contribution < -0.4 is 5.73 Å². The summed E-state index contributed by atoms with van der Waals surface area (Å²) >= 11 is 0. The van der Waals surface area contributed by atoms with E-state index >= 15 is 0 Å². The fourth-order valence-corrected chi connectivity index (χ4v) is 3.47. The van der Waals surface area contributed by atoms with Crippen LogP contribution in [0.4, 0.5) is 13.2 Å². The van der Waals surface area contributed by atoms with Crippen molar-refractivity contribution < 1.29 is 18.0 Å². The van der Waals surface area contributed by atoms with Crippen LogP contribution in [0, 0.1) is 17.8 Å². The van der Waals surface area contributed by atoms with E-state index in [-0.39, 0.29) is 24.3 Å². The molecule has 0 aromatic heterocycles. The minimum atomic E-state index is -4.26. The number of halogens is 3. The first-order valence-corrected chi connectivity index (χ1v) is 7.41. The molecule has 1 aliphatic heterocycles. The molecule has 2 aliphatic rings. The van der Waals surface area contributed by atoms with Crippen molar-refractivity contribution in [3.8, 4) is 0 Å². The number of hydrogen-bond donors (Lipinski definition) is 1. The second kappa shape index (κ2) is 5.92. The van der Waals surface area contributed by atoms with Gasteiger partial charge in [0.1, 0.15) is 0 Å². The van der Waals surface area contributed by atoms with Crippen molar-refractivity contribution in [1.82, 2.24) is 4.90 Å². The molecule has 0 radical (unpaired) electrons. The summed E-state index contributed by atoms with van der Waals surface area (Å²) in [5.74, 6) is -2.43. The van der Waals surface area contributed by atoms with Gasteiger partial charge in [-0.2, -0.15) is 13.2 Å². The number of carbonyl (C=O) groups excluding carboxylic acids is 1. The van der Waals surface area contributed by atoms with Crippen molar-refractivity contribution in [3.05, 3.63) is 0 Å². The Kier molecular flexibility index (Phi) is 4.62. The van der Waals surface area contributed by atoms with Gasteiger partial charge in [-0.05, 0) is 32.1 Å². The highest BCUT2D eigenvalue weighted by molar-refractivity contribution is 5.79.